The van der Waals surface area contributed by atoms with Crippen LogP contribution in [0.4, 0.5) is 5.95 Å². The number of anilines is 1. The van der Waals surface area contributed by atoms with Crippen molar-refractivity contribution < 1.29 is 4.42 Å². The van der Waals surface area contributed by atoms with Gasteiger partial charge in [0.05, 0.1) is 12.8 Å². The fourth-order valence-corrected chi connectivity index (χ4v) is 2.06. The molecule has 0 aliphatic carbocycles. The zero-order chi connectivity index (χ0) is 15.4. The van der Waals surface area contributed by atoms with Crippen molar-refractivity contribution in [3.63, 3.8) is 0 Å². The number of hydrogen-bond acceptors (Lipinski definition) is 5. The highest BCUT2D eigenvalue weighted by Gasteiger charge is 2.06. The first-order valence-electron chi connectivity index (χ1n) is 6.67. The minimum absolute atomic E-state index is 0.271. The number of H-pyrrole nitrogens is 1. The Morgan fingerprint density at radius 3 is 2.68 bits per heavy atom. The lowest BCUT2D eigenvalue weighted by Gasteiger charge is -2.04. The van der Waals surface area contributed by atoms with Gasteiger partial charge in [-0.3, -0.25) is 9.78 Å². The van der Waals surface area contributed by atoms with Gasteiger partial charge in [-0.2, -0.15) is 0 Å². The number of hydrogen-bond donors (Lipinski definition) is 2. The van der Waals surface area contributed by atoms with E-state index in [2.05, 4.69) is 20.5 Å². The summed E-state index contributed by atoms with van der Waals surface area (Å²) in [4.78, 5) is 14.7. The van der Waals surface area contributed by atoms with Gasteiger partial charge in [-0.05, 0) is 29.8 Å². The van der Waals surface area contributed by atoms with E-state index < -0.39 is 0 Å². The fraction of sp³-hybridized carbons (Fsp3) is 0.133. The molecule has 0 spiro atoms. The average Bonchev–Trinajstić information content (AvgIpc) is 3.03. The lowest BCUT2D eigenvalue weighted by molar-refractivity contribution is 0.517. The van der Waals surface area contributed by atoms with Crippen molar-refractivity contribution in [3.05, 3.63) is 75.1 Å². The Labute approximate surface area is 131 Å². The van der Waals surface area contributed by atoms with E-state index in [1.165, 1.54) is 0 Å². The second kappa shape index (κ2) is 6.44. The summed E-state index contributed by atoms with van der Waals surface area (Å²) in [6.45, 7) is 0.425. The number of nitrogens with one attached hydrogen (secondary N) is 2. The molecule has 0 aliphatic heterocycles. The molecule has 0 amide bonds. The SMILES string of the molecule is O=c1[nH]c(NCc2ccco2)nnc1Cc1ccc(Cl)cc1. The Bertz CT molecular complexity index is 797. The standard InChI is InChI=1S/C15H13ClN4O2/c16-11-5-3-10(4-6-11)8-13-14(21)18-15(20-19-13)17-9-12-2-1-7-22-12/h1-7H,8-9H2,(H2,17,18,20,21). The minimum Gasteiger partial charge on any atom is -0.467 e. The van der Waals surface area contributed by atoms with Gasteiger partial charge in [0, 0.05) is 11.4 Å². The summed E-state index contributed by atoms with van der Waals surface area (Å²) in [5, 5.41) is 11.5. The summed E-state index contributed by atoms with van der Waals surface area (Å²) >= 11 is 5.83. The molecule has 0 unspecified atom stereocenters. The van der Waals surface area contributed by atoms with Crippen molar-refractivity contribution in [1.82, 2.24) is 15.2 Å². The Balaban J connectivity index is 1.69. The van der Waals surface area contributed by atoms with Gasteiger partial charge in [0.1, 0.15) is 11.5 Å². The van der Waals surface area contributed by atoms with E-state index in [1.54, 1.807) is 24.5 Å². The first kappa shape index (κ1) is 14.3. The zero-order valence-corrected chi connectivity index (χ0v) is 12.3. The van der Waals surface area contributed by atoms with Gasteiger partial charge in [-0.15, -0.1) is 10.2 Å². The molecular weight excluding hydrogens is 304 g/mol. The van der Waals surface area contributed by atoms with Crippen molar-refractivity contribution in [2.75, 3.05) is 5.32 Å². The molecule has 2 aromatic heterocycles. The van der Waals surface area contributed by atoms with Crippen molar-refractivity contribution >= 4 is 17.5 Å². The van der Waals surface area contributed by atoms with Gasteiger partial charge in [0.25, 0.3) is 5.56 Å². The van der Waals surface area contributed by atoms with Crippen LogP contribution in [-0.4, -0.2) is 15.2 Å². The van der Waals surface area contributed by atoms with E-state index in [0.29, 0.717) is 29.6 Å². The monoisotopic (exact) mass is 316 g/mol. The fourth-order valence-electron chi connectivity index (χ4n) is 1.94. The smallest absolute Gasteiger partial charge is 0.274 e. The van der Waals surface area contributed by atoms with Crippen molar-refractivity contribution in [3.8, 4) is 0 Å². The Hall–Kier alpha value is -2.60. The van der Waals surface area contributed by atoms with Crippen LogP contribution in [0.1, 0.15) is 17.0 Å². The normalized spacial score (nSPS) is 10.6. The Kier molecular flexibility index (Phi) is 4.20. The van der Waals surface area contributed by atoms with Crippen LogP contribution in [0.5, 0.6) is 0 Å². The number of furan rings is 1. The maximum atomic E-state index is 12.0. The molecule has 22 heavy (non-hydrogen) atoms. The molecule has 0 aliphatic rings. The molecule has 0 saturated carbocycles. The summed E-state index contributed by atoms with van der Waals surface area (Å²) in [6, 6.07) is 10.9. The van der Waals surface area contributed by atoms with E-state index in [-0.39, 0.29) is 5.56 Å². The molecule has 3 aromatic rings. The highest BCUT2D eigenvalue weighted by atomic mass is 35.5. The zero-order valence-electron chi connectivity index (χ0n) is 11.5. The summed E-state index contributed by atoms with van der Waals surface area (Å²) < 4.78 is 5.18. The Morgan fingerprint density at radius 1 is 1.18 bits per heavy atom. The number of aromatic amines is 1. The quantitative estimate of drug-likeness (QED) is 0.756. The van der Waals surface area contributed by atoms with Crippen LogP contribution in [0, 0.1) is 0 Å². The lowest BCUT2D eigenvalue weighted by Crippen LogP contribution is -2.19. The summed E-state index contributed by atoms with van der Waals surface area (Å²) in [7, 11) is 0. The van der Waals surface area contributed by atoms with E-state index in [4.69, 9.17) is 16.0 Å². The molecule has 3 rings (SSSR count). The topological polar surface area (TPSA) is 83.8 Å². The van der Waals surface area contributed by atoms with Gasteiger partial charge < -0.3 is 9.73 Å². The molecule has 112 valence electrons. The predicted molar refractivity (Wildman–Crippen MR) is 82.9 cm³/mol. The van der Waals surface area contributed by atoms with Crippen molar-refractivity contribution in [2.24, 2.45) is 0 Å². The maximum absolute atomic E-state index is 12.0. The van der Waals surface area contributed by atoms with Crippen LogP contribution < -0.4 is 10.9 Å². The molecule has 0 radical (unpaired) electrons. The van der Waals surface area contributed by atoms with Gasteiger partial charge in [-0.25, -0.2) is 0 Å². The highest BCUT2D eigenvalue weighted by molar-refractivity contribution is 6.30. The van der Waals surface area contributed by atoms with Gasteiger partial charge in [0.2, 0.25) is 5.95 Å². The maximum Gasteiger partial charge on any atom is 0.274 e. The van der Waals surface area contributed by atoms with Crippen LogP contribution in [0.25, 0.3) is 0 Å². The van der Waals surface area contributed by atoms with Gasteiger partial charge in [0.15, 0.2) is 0 Å². The van der Waals surface area contributed by atoms with Crippen LogP contribution >= 0.6 is 11.6 Å². The molecule has 0 fully saturated rings. The second-order valence-electron chi connectivity index (χ2n) is 4.69. The molecule has 1 aromatic carbocycles. The first-order chi connectivity index (χ1) is 10.7. The van der Waals surface area contributed by atoms with Crippen LogP contribution in [0.3, 0.4) is 0 Å². The third kappa shape index (κ3) is 3.53. The highest BCUT2D eigenvalue weighted by Crippen LogP contribution is 2.11. The molecule has 0 saturated heterocycles. The van der Waals surface area contributed by atoms with Gasteiger partial charge in [-0.1, -0.05) is 23.7 Å². The molecule has 2 heterocycles. The predicted octanol–water partition coefficient (Wildman–Crippen LogP) is 2.61. The number of benzene rings is 1. The number of aromatic nitrogens is 3. The summed E-state index contributed by atoms with van der Waals surface area (Å²) in [5.74, 6) is 1.05. The Morgan fingerprint density at radius 2 is 2.00 bits per heavy atom. The number of rotatable bonds is 5. The third-order valence-corrected chi connectivity index (χ3v) is 3.31. The lowest BCUT2D eigenvalue weighted by atomic mass is 10.1. The van der Waals surface area contributed by atoms with Gasteiger partial charge >= 0.3 is 0 Å². The van der Waals surface area contributed by atoms with Crippen LogP contribution in [-0.2, 0) is 13.0 Å². The van der Waals surface area contributed by atoms with E-state index in [9.17, 15) is 4.79 Å². The number of nitrogens with zero attached hydrogens (tertiary/aromatic N) is 2. The summed E-state index contributed by atoms with van der Waals surface area (Å²) in [6.07, 6.45) is 1.98. The molecular formula is C15H13ClN4O2. The molecule has 7 heteroatoms. The number of halogens is 1. The van der Waals surface area contributed by atoms with E-state index >= 15 is 0 Å². The third-order valence-electron chi connectivity index (χ3n) is 3.06. The minimum atomic E-state index is -0.271. The van der Waals surface area contributed by atoms with Crippen LogP contribution in [0.2, 0.25) is 5.02 Å². The molecule has 6 nitrogen and oxygen atoms in total. The molecule has 0 atom stereocenters. The first-order valence-corrected chi connectivity index (χ1v) is 7.05. The average molecular weight is 317 g/mol. The van der Waals surface area contributed by atoms with Crippen LogP contribution in [0.15, 0.2) is 51.9 Å². The molecule has 0 bridgehead atoms. The van der Waals surface area contributed by atoms with E-state index in [0.717, 1.165) is 11.3 Å². The largest absolute Gasteiger partial charge is 0.467 e. The van der Waals surface area contributed by atoms with Crippen molar-refractivity contribution in [2.45, 2.75) is 13.0 Å². The second-order valence-corrected chi connectivity index (χ2v) is 5.12. The molecule has 2 N–H and O–H groups in total. The summed E-state index contributed by atoms with van der Waals surface area (Å²) in [5.41, 5.74) is 1.03. The van der Waals surface area contributed by atoms with Crippen molar-refractivity contribution in [1.29, 1.82) is 0 Å². The van der Waals surface area contributed by atoms with E-state index in [1.807, 2.05) is 18.2 Å².